The van der Waals surface area contributed by atoms with Crippen LogP contribution in [0.1, 0.15) is 52.4 Å². The maximum atomic E-state index is 5.75. The zero-order valence-electron chi connectivity index (χ0n) is 12.4. The van der Waals surface area contributed by atoms with Crippen LogP contribution in [0.15, 0.2) is 0 Å². The van der Waals surface area contributed by atoms with Crippen LogP contribution in [0.5, 0.6) is 0 Å². The summed E-state index contributed by atoms with van der Waals surface area (Å²) >= 11 is 0. The van der Waals surface area contributed by atoms with E-state index in [1.807, 2.05) is 0 Å². The maximum absolute atomic E-state index is 5.75. The first-order chi connectivity index (χ1) is 8.57. The number of ether oxygens (including phenoxy) is 1. The van der Waals surface area contributed by atoms with Crippen molar-refractivity contribution in [2.75, 3.05) is 26.7 Å². The molecular formula is C15H30N2O. The Labute approximate surface area is 112 Å². The smallest absolute Gasteiger partial charge is 0.0641 e. The summed E-state index contributed by atoms with van der Waals surface area (Å²) in [5.74, 6) is 0. The van der Waals surface area contributed by atoms with Crippen LogP contribution in [-0.4, -0.2) is 49.3 Å². The Balaban J connectivity index is 1.62. The Kier molecular flexibility index (Phi) is 5.05. The number of rotatable bonds is 5. The highest BCUT2D eigenvalue weighted by Gasteiger charge is 2.28. The van der Waals surface area contributed by atoms with Crippen molar-refractivity contribution in [3.8, 4) is 0 Å². The molecule has 0 radical (unpaired) electrons. The SMILES string of the molecule is CN(CCNC1CCOC(C)(C)C1)C1CCCC1. The number of hydrogen-bond acceptors (Lipinski definition) is 3. The van der Waals surface area contributed by atoms with Crippen molar-refractivity contribution in [1.29, 1.82) is 0 Å². The molecule has 1 aliphatic carbocycles. The van der Waals surface area contributed by atoms with Gasteiger partial charge in [0.15, 0.2) is 0 Å². The molecule has 18 heavy (non-hydrogen) atoms. The minimum Gasteiger partial charge on any atom is -0.375 e. The van der Waals surface area contributed by atoms with E-state index in [4.69, 9.17) is 4.74 Å². The Morgan fingerprint density at radius 2 is 1.94 bits per heavy atom. The molecule has 1 heterocycles. The van der Waals surface area contributed by atoms with Gasteiger partial charge in [-0.05, 0) is 46.6 Å². The highest BCUT2D eigenvalue weighted by molar-refractivity contribution is 4.83. The van der Waals surface area contributed by atoms with Gasteiger partial charge in [-0.25, -0.2) is 0 Å². The van der Waals surface area contributed by atoms with Gasteiger partial charge in [-0.2, -0.15) is 0 Å². The van der Waals surface area contributed by atoms with Crippen molar-refractivity contribution in [2.45, 2.75) is 70.1 Å². The summed E-state index contributed by atoms with van der Waals surface area (Å²) in [6.45, 7) is 7.61. The fourth-order valence-corrected chi connectivity index (χ4v) is 3.38. The second-order valence-corrected chi connectivity index (χ2v) is 6.67. The van der Waals surface area contributed by atoms with Gasteiger partial charge in [0.2, 0.25) is 0 Å². The van der Waals surface area contributed by atoms with Gasteiger partial charge in [0, 0.05) is 31.8 Å². The fourth-order valence-electron chi connectivity index (χ4n) is 3.38. The van der Waals surface area contributed by atoms with Crippen LogP contribution < -0.4 is 5.32 Å². The van der Waals surface area contributed by atoms with E-state index in [0.717, 1.165) is 32.0 Å². The van der Waals surface area contributed by atoms with Gasteiger partial charge < -0.3 is 15.0 Å². The van der Waals surface area contributed by atoms with Crippen LogP contribution >= 0.6 is 0 Å². The number of nitrogens with zero attached hydrogens (tertiary/aromatic N) is 1. The van der Waals surface area contributed by atoms with Crippen LogP contribution in [0, 0.1) is 0 Å². The predicted molar refractivity (Wildman–Crippen MR) is 75.9 cm³/mol. The molecule has 1 saturated heterocycles. The number of likely N-dealkylation sites (N-methyl/N-ethyl adjacent to an activating group) is 1. The third-order valence-electron chi connectivity index (χ3n) is 4.54. The van der Waals surface area contributed by atoms with E-state index in [-0.39, 0.29) is 5.60 Å². The lowest BCUT2D eigenvalue weighted by Gasteiger charge is -2.36. The Hall–Kier alpha value is -0.120. The minimum atomic E-state index is 0.0628. The quantitative estimate of drug-likeness (QED) is 0.815. The van der Waals surface area contributed by atoms with Crippen molar-refractivity contribution in [3.63, 3.8) is 0 Å². The molecular weight excluding hydrogens is 224 g/mol. The molecule has 2 fully saturated rings. The standard InChI is InChI=1S/C15H30N2O/c1-15(2)12-13(8-11-18-15)16-9-10-17(3)14-6-4-5-7-14/h13-14,16H,4-12H2,1-3H3. The lowest BCUT2D eigenvalue weighted by molar-refractivity contribution is -0.0629. The van der Waals surface area contributed by atoms with Crippen LogP contribution in [0.3, 0.4) is 0 Å². The molecule has 1 saturated carbocycles. The second kappa shape index (κ2) is 6.36. The largest absolute Gasteiger partial charge is 0.375 e. The van der Waals surface area contributed by atoms with Gasteiger partial charge in [-0.1, -0.05) is 12.8 Å². The van der Waals surface area contributed by atoms with Crippen LogP contribution in [0.4, 0.5) is 0 Å². The summed E-state index contributed by atoms with van der Waals surface area (Å²) in [5, 5.41) is 3.71. The first-order valence-electron chi connectivity index (χ1n) is 7.64. The second-order valence-electron chi connectivity index (χ2n) is 6.67. The fraction of sp³-hybridized carbons (Fsp3) is 1.00. The maximum Gasteiger partial charge on any atom is 0.0641 e. The molecule has 0 aromatic rings. The summed E-state index contributed by atoms with van der Waals surface area (Å²) < 4.78 is 5.75. The Morgan fingerprint density at radius 3 is 2.61 bits per heavy atom. The molecule has 0 amide bonds. The van der Waals surface area contributed by atoms with Gasteiger partial charge in [0.1, 0.15) is 0 Å². The van der Waals surface area contributed by atoms with Gasteiger partial charge in [-0.15, -0.1) is 0 Å². The minimum absolute atomic E-state index is 0.0628. The molecule has 1 atom stereocenters. The van der Waals surface area contributed by atoms with E-state index in [9.17, 15) is 0 Å². The molecule has 1 aliphatic heterocycles. The van der Waals surface area contributed by atoms with E-state index in [2.05, 4.69) is 31.1 Å². The lowest BCUT2D eigenvalue weighted by Crippen LogP contribution is -2.46. The average molecular weight is 254 g/mol. The van der Waals surface area contributed by atoms with Gasteiger partial charge in [-0.3, -0.25) is 0 Å². The van der Waals surface area contributed by atoms with Crippen molar-refractivity contribution >= 4 is 0 Å². The molecule has 1 unspecified atom stereocenters. The third kappa shape index (κ3) is 4.22. The van der Waals surface area contributed by atoms with Crippen LogP contribution in [0.25, 0.3) is 0 Å². The topological polar surface area (TPSA) is 24.5 Å². The van der Waals surface area contributed by atoms with Gasteiger partial charge in [0.25, 0.3) is 0 Å². The molecule has 3 nitrogen and oxygen atoms in total. The van der Waals surface area contributed by atoms with E-state index in [0.29, 0.717) is 6.04 Å². The Morgan fingerprint density at radius 1 is 1.22 bits per heavy atom. The summed E-state index contributed by atoms with van der Waals surface area (Å²) in [4.78, 5) is 2.55. The number of hydrogen-bond donors (Lipinski definition) is 1. The molecule has 2 aliphatic rings. The first-order valence-corrected chi connectivity index (χ1v) is 7.64. The third-order valence-corrected chi connectivity index (χ3v) is 4.54. The van der Waals surface area contributed by atoms with Gasteiger partial charge in [0.05, 0.1) is 5.60 Å². The van der Waals surface area contributed by atoms with E-state index >= 15 is 0 Å². The Bertz CT molecular complexity index is 249. The highest BCUT2D eigenvalue weighted by Crippen LogP contribution is 2.24. The van der Waals surface area contributed by atoms with E-state index < -0.39 is 0 Å². The van der Waals surface area contributed by atoms with Crippen molar-refractivity contribution in [2.24, 2.45) is 0 Å². The zero-order chi connectivity index (χ0) is 13.0. The summed E-state index contributed by atoms with van der Waals surface area (Å²) in [7, 11) is 2.28. The molecule has 0 aromatic heterocycles. The summed E-state index contributed by atoms with van der Waals surface area (Å²) in [5.41, 5.74) is 0.0628. The van der Waals surface area contributed by atoms with Crippen LogP contribution in [-0.2, 0) is 4.74 Å². The van der Waals surface area contributed by atoms with E-state index in [1.165, 1.54) is 32.2 Å². The molecule has 2 rings (SSSR count). The summed E-state index contributed by atoms with van der Waals surface area (Å²) in [6.07, 6.45) is 7.96. The molecule has 0 bridgehead atoms. The molecule has 0 aromatic carbocycles. The molecule has 1 N–H and O–H groups in total. The van der Waals surface area contributed by atoms with E-state index in [1.54, 1.807) is 0 Å². The van der Waals surface area contributed by atoms with Crippen molar-refractivity contribution in [1.82, 2.24) is 10.2 Å². The van der Waals surface area contributed by atoms with Crippen molar-refractivity contribution < 1.29 is 4.74 Å². The normalized spacial score (nSPS) is 29.0. The van der Waals surface area contributed by atoms with Crippen LogP contribution in [0.2, 0.25) is 0 Å². The zero-order valence-corrected chi connectivity index (χ0v) is 12.4. The molecule has 106 valence electrons. The molecule has 0 spiro atoms. The average Bonchev–Trinajstić information content (AvgIpc) is 2.81. The first kappa shape index (κ1) is 14.3. The van der Waals surface area contributed by atoms with Crippen molar-refractivity contribution in [3.05, 3.63) is 0 Å². The lowest BCUT2D eigenvalue weighted by atomic mass is 9.94. The highest BCUT2D eigenvalue weighted by atomic mass is 16.5. The summed E-state index contributed by atoms with van der Waals surface area (Å²) in [6, 6.07) is 1.49. The number of nitrogens with one attached hydrogen (secondary N) is 1. The monoisotopic (exact) mass is 254 g/mol. The predicted octanol–water partition coefficient (Wildman–Crippen LogP) is 2.41. The van der Waals surface area contributed by atoms with Gasteiger partial charge >= 0.3 is 0 Å². The molecule has 3 heteroatoms.